The summed E-state index contributed by atoms with van der Waals surface area (Å²) in [4.78, 5) is 6.81. The van der Waals surface area contributed by atoms with Crippen molar-refractivity contribution in [3.8, 4) is 11.5 Å². The van der Waals surface area contributed by atoms with Crippen molar-refractivity contribution in [1.82, 2.24) is 15.5 Å². The number of nitrogens with one attached hydrogen (secondary N) is 2. The van der Waals surface area contributed by atoms with E-state index in [9.17, 15) is 0 Å². The Morgan fingerprint density at radius 1 is 1.15 bits per heavy atom. The number of aliphatic imine (C=N–C) groups is 1. The third-order valence-electron chi connectivity index (χ3n) is 4.71. The topological polar surface area (TPSA) is 67.4 Å². The summed E-state index contributed by atoms with van der Waals surface area (Å²) in [6.07, 6.45) is 0. The summed E-state index contributed by atoms with van der Waals surface area (Å²) in [5, 5.41) is 6.75. The van der Waals surface area contributed by atoms with Gasteiger partial charge in [-0.25, -0.2) is 0 Å². The fourth-order valence-electron chi connectivity index (χ4n) is 3.13. The second-order valence-corrected chi connectivity index (χ2v) is 6.86. The number of ether oxygens (including phenoxy) is 3. The molecular weight excluding hydrogens is 344 g/mol. The number of hydrogen-bond acceptors (Lipinski definition) is 5. The van der Waals surface area contributed by atoms with Crippen LogP contribution in [0.25, 0.3) is 0 Å². The van der Waals surface area contributed by atoms with Crippen molar-refractivity contribution >= 4 is 5.96 Å². The van der Waals surface area contributed by atoms with Crippen LogP contribution in [0.2, 0.25) is 0 Å². The van der Waals surface area contributed by atoms with Crippen molar-refractivity contribution in [1.29, 1.82) is 0 Å². The molecule has 0 bridgehead atoms. The fourth-order valence-corrected chi connectivity index (χ4v) is 3.13. The molecule has 0 amide bonds. The van der Waals surface area contributed by atoms with Gasteiger partial charge in [0.1, 0.15) is 18.1 Å². The van der Waals surface area contributed by atoms with E-state index < -0.39 is 0 Å². The van der Waals surface area contributed by atoms with E-state index in [0.717, 1.165) is 50.3 Å². The second kappa shape index (κ2) is 11.7. The standard InChI is InChI=1S/C20H34N4O3/c1-16(2)19(24-10-13-26-14-11-24)15-23-20(21-3)22-9-12-27-18-7-5-17(25-4)6-8-18/h5-8,16,19H,9-15H2,1-4H3,(H2,21,22,23). The van der Waals surface area contributed by atoms with Crippen LogP contribution in [-0.2, 0) is 4.74 Å². The molecule has 0 saturated carbocycles. The molecule has 1 aromatic carbocycles. The summed E-state index contributed by atoms with van der Waals surface area (Å²) >= 11 is 0. The molecule has 7 nitrogen and oxygen atoms in total. The molecule has 0 aromatic heterocycles. The summed E-state index contributed by atoms with van der Waals surface area (Å²) in [5.74, 6) is 3.01. The first-order valence-electron chi connectivity index (χ1n) is 9.67. The summed E-state index contributed by atoms with van der Waals surface area (Å²) in [6.45, 7) is 10.2. The fraction of sp³-hybridized carbons (Fsp3) is 0.650. The number of guanidine groups is 1. The SMILES string of the molecule is CN=C(NCCOc1ccc(OC)cc1)NCC(C(C)C)N1CCOCC1. The van der Waals surface area contributed by atoms with Crippen molar-refractivity contribution in [3.05, 3.63) is 24.3 Å². The molecule has 1 fully saturated rings. The van der Waals surface area contributed by atoms with Gasteiger partial charge < -0.3 is 24.8 Å². The van der Waals surface area contributed by atoms with Crippen LogP contribution >= 0.6 is 0 Å². The van der Waals surface area contributed by atoms with E-state index in [4.69, 9.17) is 14.2 Å². The molecule has 1 heterocycles. The largest absolute Gasteiger partial charge is 0.497 e. The first-order chi connectivity index (χ1) is 13.1. The smallest absolute Gasteiger partial charge is 0.191 e. The molecule has 7 heteroatoms. The van der Waals surface area contributed by atoms with Gasteiger partial charge in [0.15, 0.2) is 5.96 Å². The highest BCUT2D eigenvalue weighted by Crippen LogP contribution is 2.16. The zero-order valence-electron chi connectivity index (χ0n) is 17.0. The minimum atomic E-state index is 0.461. The number of morpholine rings is 1. The Labute approximate surface area is 163 Å². The molecule has 1 aliphatic rings. The van der Waals surface area contributed by atoms with Crippen LogP contribution in [0.1, 0.15) is 13.8 Å². The van der Waals surface area contributed by atoms with Crippen molar-refractivity contribution in [3.63, 3.8) is 0 Å². The lowest BCUT2D eigenvalue weighted by molar-refractivity contribution is 0.00752. The molecular formula is C20H34N4O3. The van der Waals surface area contributed by atoms with Gasteiger partial charge in [-0.2, -0.15) is 0 Å². The second-order valence-electron chi connectivity index (χ2n) is 6.86. The van der Waals surface area contributed by atoms with Crippen molar-refractivity contribution in [2.45, 2.75) is 19.9 Å². The monoisotopic (exact) mass is 378 g/mol. The molecule has 1 unspecified atom stereocenters. The van der Waals surface area contributed by atoms with Crippen molar-refractivity contribution in [2.75, 3.05) is 60.2 Å². The first-order valence-corrected chi connectivity index (χ1v) is 9.67. The minimum Gasteiger partial charge on any atom is -0.497 e. The lowest BCUT2D eigenvalue weighted by atomic mass is 10.0. The molecule has 152 valence electrons. The van der Waals surface area contributed by atoms with Gasteiger partial charge in [-0.1, -0.05) is 13.8 Å². The van der Waals surface area contributed by atoms with E-state index in [2.05, 4.69) is 34.4 Å². The Bertz CT molecular complexity index is 557. The Morgan fingerprint density at radius 2 is 1.81 bits per heavy atom. The zero-order valence-corrected chi connectivity index (χ0v) is 17.0. The lowest BCUT2D eigenvalue weighted by Crippen LogP contribution is -2.52. The molecule has 1 aromatic rings. The molecule has 0 spiro atoms. The molecule has 2 rings (SSSR count). The molecule has 0 aliphatic carbocycles. The Hall–Kier alpha value is -1.99. The van der Waals surface area contributed by atoms with Gasteiger partial charge >= 0.3 is 0 Å². The van der Waals surface area contributed by atoms with Crippen LogP contribution in [0.3, 0.4) is 0 Å². The normalized spacial score (nSPS) is 16.9. The van der Waals surface area contributed by atoms with Gasteiger partial charge in [-0.05, 0) is 30.2 Å². The van der Waals surface area contributed by atoms with Crippen molar-refractivity contribution in [2.24, 2.45) is 10.9 Å². The quantitative estimate of drug-likeness (QED) is 0.387. The molecule has 0 radical (unpaired) electrons. The number of rotatable bonds is 9. The van der Waals surface area contributed by atoms with Gasteiger partial charge in [-0.15, -0.1) is 0 Å². The Kier molecular flexibility index (Phi) is 9.21. The van der Waals surface area contributed by atoms with E-state index in [1.54, 1.807) is 14.2 Å². The van der Waals surface area contributed by atoms with Crippen LogP contribution in [-0.4, -0.2) is 77.1 Å². The van der Waals surface area contributed by atoms with Crippen LogP contribution in [0.5, 0.6) is 11.5 Å². The van der Waals surface area contributed by atoms with Gasteiger partial charge in [0.05, 0.1) is 26.9 Å². The van der Waals surface area contributed by atoms with Crippen LogP contribution in [0.4, 0.5) is 0 Å². The maximum absolute atomic E-state index is 5.74. The summed E-state index contributed by atoms with van der Waals surface area (Å²) in [7, 11) is 3.44. The van der Waals surface area contributed by atoms with Crippen LogP contribution in [0, 0.1) is 5.92 Å². The van der Waals surface area contributed by atoms with E-state index in [1.165, 1.54) is 0 Å². The van der Waals surface area contributed by atoms with Gasteiger partial charge in [0.25, 0.3) is 0 Å². The maximum Gasteiger partial charge on any atom is 0.191 e. The highest BCUT2D eigenvalue weighted by Gasteiger charge is 2.23. The molecule has 1 saturated heterocycles. The van der Waals surface area contributed by atoms with E-state index in [-0.39, 0.29) is 0 Å². The molecule has 1 atom stereocenters. The minimum absolute atomic E-state index is 0.461. The van der Waals surface area contributed by atoms with Crippen molar-refractivity contribution < 1.29 is 14.2 Å². The van der Waals surface area contributed by atoms with Gasteiger partial charge in [0, 0.05) is 32.7 Å². The molecule has 2 N–H and O–H groups in total. The zero-order chi connectivity index (χ0) is 19.5. The Balaban J connectivity index is 1.70. The predicted octanol–water partition coefficient (Wildman–Crippen LogP) is 1.60. The van der Waals surface area contributed by atoms with E-state index in [0.29, 0.717) is 25.1 Å². The van der Waals surface area contributed by atoms with E-state index in [1.807, 2.05) is 24.3 Å². The third kappa shape index (κ3) is 7.27. The van der Waals surface area contributed by atoms with Crippen LogP contribution < -0.4 is 20.1 Å². The summed E-state index contributed by atoms with van der Waals surface area (Å²) < 4.78 is 16.4. The lowest BCUT2D eigenvalue weighted by Gasteiger charge is -2.37. The van der Waals surface area contributed by atoms with Gasteiger partial charge in [-0.3, -0.25) is 9.89 Å². The van der Waals surface area contributed by atoms with Crippen LogP contribution in [0.15, 0.2) is 29.3 Å². The number of hydrogen-bond donors (Lipinski definition) is 2. The number of benzene rings is 1. The summed E-state index contributed by atoms with van der Waals surface area (Å²) in [6, 6.07) is 8.05. The van der Waals surface area contributed by atoms with Gasteiger partial charge in [0.2, 0.25) is 0 Å². The summed E-state index contributed by atoms with van der Waals surface area (Å²) in [5.41, 5.74) is 0. The highest BCUT2D eigenvalue weighted by atomic mass is 16.5. The first kappa shape index (κ1) is 21.3. The average Bonchev–Trinajstić information content (AvgIpc) is 2.70. The molecule has 1 aliphatic heterocycles. The molecule has 27 heavy (non-hydrogen) atoms. The Morgan fingerprint density at radius 3 is 2.41 bits per heavy atom. The maximum atomic E-state index is 5.74. The third-order valence-corrected chi connectivity index (χ3v) is 4.71. The average molecular weight is 379 g/mol. The van der Waals surface area contributed by atoms with E-state index >= 15 is 0 Å². The highest BCUT2D eigenvalue weighted by molar-refractivity contribution is 5.79. The number of nitrogens with zero attached hydrogens (tertiary/aromatic N) is 2. The predicted molar refractivity (Wildman–Crippen MR) is 109 cm³/mol. The number of methoxy groups -OCH3 is 1.